The molecule has 2 heterocycles. The summed E-state index contributed by atoms with van der Waals surface area (Å²) in [5.41, 5.74) is 1.32. The fourth-order valence-electron chi connectivity index (χ4n) is 6.46. The topological polar surface area (TPSA) is 52.7 Å². The van der Waals surface area contributed by atoms with E-state index in [1.807, 2.05) is 6.92 Å². The van der Waals surface area contributed by atoms with Crippen LogP contribution in [0, 0.1) is 5.92 Å². The number of carbonyl (C=O) groups excluding carboxylic acids is 2. The van der Waals surface area contributed by atoms with Gasteiger partial charge in [0.15, 0.2) is 0 Å². The number of ketones is 1. The van der Waals surface area contributed by atoms with E-state index >= 15 is 0 Å². The quantitative estimate of drug-likeness (QED) is 0.338. The van der Waals surface area contributed by atoms with Crippen LogP contribution in [0.15, 0.2) is 42.5 Å². The van der Waals surface area contributed by atoms with Crippen molar-refractivity contribution in [3.05, 3.63) is 48.0 Å². The van der Waals surface area contributed by atoms with E-state index in [4.69, 9.17) is 0 Å². The van der Waals surface area contributed by atoms with Crippen molar-refractivity contribution >= 4 is 47.7 Å². The first-order valence-corrected chi connectivity index (χ1v) is 14.8. The van der Waals surface area contributed by atoms with Crippen LogP contribution in [-0.4, -0.2) is 77.8 Å². The van der Waals surface area contributed by atoms with Crippen molar-refractivity contribution in [2.45, 2.75) is 57.0 Å². The predicted molar refractivity (Wildman–Crippen MR) is 155 cm³/mol. The smallest absolute Gasteiger partial charge is 0.234 e. The minimum Gasteiger partial charge on any atom is -0.354 e. The number of nitrogens with one attached hydrogen (secondary N) is 1. The highest BCUT2D eigenvalue weighted by atomic mass is 32.1. The number of hydrogen-bond donors (Lipinski definition) is 3. The van der Waals surface area contributed by atoms with Gasteiger partial charge >= 0.3 is 0 Å². The molecule has 2 saturated heterocycles. The standard InChI is InChI=1S/C29H41N3O2S2/c1-2-27(33)29-25(23-9-8-21-6-3-4-7-22(21)18-23)19-24-10-11-26(29)32(24)14-5-13-31(15-17-36)20-28(34)30-12-16-35/h3-4,6-9,18,24-26,29,35-36H,2,5,10-17,19-20H2,1H3,(H,30,34)/t24-,25-,26+,29-/m0/s1. The highest BCUT2D eigenvalue weighted by Gasteiger charge is 2.49. The van der Waals surface area contributed by atoms with Crippen molar-refractivity contribution in [2.24, 2.45) is 5.92 Å². The number of rotatable bonds is 13. The SMILES string of the molecule is CCC(=O)[C@@H]1[C@H]2CC[C@@H](C[C@H]1c1ccc3ccccc3c1)N2CCCN(CCS)CC(=O)NCCS. The molecular weight excluding hydrogens is 486 g/mol. The third-order valence-electron chi connectivity index (χ3n) is 8.09. The molecule has 1 N–H and O–H groups in total. The number of carbonyl (C=O) groups is 2. The normalized spacial score (nSPS) is 23.9. The van der Waals surface area contributed by atoms with E-state index in [0.29, 0.717) is 49.0 Å². The first-order valence-electron chi connectivity index (χ1n) is 13.5. The van der Waals surface area contributed by atoms with Crippen LogP contribution in [0.5, 0.6) is 0 Å². The largest absolute Gasteiger partial charge is 0.354 e. The van der Waals surface area contributed by atoms with Crippen LogP contribution in [0.3, 0.4) is 0 Å². The number of amides is 1. The van der Waals surface area contributed by atoms with Gasteiger partial charge in [-0.25, -0.2) is 0 Å². The zero-order chi connectivity index (χ0) is 25.5. The van der Waals surface area contributed by atoms with E-state index in [2.05, 4.69) is 82.8 Å². The molecule has 7 heteroatoms. The Morgan fingerprint density at radius 1 is 1.06 bits per heavy atom. The summed E-state index contributed by atoms with van der Waals surface area (Å²) in [5.74, 6) is 2.20. The zero-order valence-corrected chi connectivity index (χ0v) is 23.2. The molecule has 4 rings (SSSR count). The fourth-order valence-corrected chi connectivity index (χ4v) is 6.85. The van der Waals surface area contributed by atoms with Gasteiger partial charge in [0.25, 0.3) is 0 Å². The van der Waals surface area contributed by atoms with Gasteiger partial charge < -0.3 is 5.32 Å². The first-order chi connectivity index (χ1) is 17.5. The summed E-state index contributed by atoms with van der Waals surface area (Å²) < 4.78 is 0. The first kappa shape index (κ1) is 27.5. The van der Waals surface area contributed by atoms with Crippen molar-refractivity contribution in [2.75, 3.05) is 44.2 Å². The summed E-state index contributed by atoms with van der Waals surface area (Å²) >= 11 is 8.56. The Balaban J connectivity index is 1.43. The molecule has 0 saturated carbocycles. The van der Waals surface area contributed by atoms with Crippen molar-refractivity contribution < 1.29 is 9.59 Å². The molecule has 2 aromatic rings. The third kappa shape index (κ3) is 6.47. The minimum atomic E-state index is 0.0516. The Hall–Kier alpha value is -1.54. The maximum Gasteiger partial charge on any atom is 0.234 e. The number of fused-ring (bicyclic) bond motifs is 3. The summed E-state index contributed by atoms with van der Waals surface area (Å²) in [6.45, 7) is 5.66. The lowest BCUT2D eigenvalue weighted by atomic mass is 9.73. The number of nitrogens with zero attached hydrogens (tertiary/aromatic N) is 2. The van der Waals surface area contributed by atoms with E-state index < -0.39 is 0 Å². The van der Waals surface area contributed by atoms with Crippen molar-refractivity contribution in [1.29, 1.82) is 0 Å². The Kier molecular flexibility index (Phi) is 10.2. The second-order valence-corrected chi connectivity index (χ2v) is 11.2. The Bertz CT molecular complexity index is 1030. The fraction of sp³-hybridized carbons (Fsp3) is 0.586. The Labute approximate surface area is 227 Å². The maximum atomic E-state index is 13.3. The van der Waals surface area contributed by atoms with E-state index in [9.17, 15) is 9.59 Å². The molecule has 0 radical (unpaired) electrons. The molecule has 4 atom stereocenters. The highest BCUT2D eigenvalue weighted by molar-refractivity contribution is 7.80. The number of benzene rings is 2. The van der Waals surface area contributed by atoms with Crippen LogP contribution in [-0.2, 0) is 9.59 Å². The molecule has 0 unspecified atom stereocenters. The van der Waals surface area contributed by atoms with Gasteiger partial charge in [-0.15, -0.1) is 0 Å². The van der Waals surface area contributed by atoms with Crippen LogP contribution >= 0.6 is 25.3 Å². The van der Waals surface area contributed by atoms with Crippen molar-refractivity contribution in [1.82, 2.24) is 15.1 Å². The lowest BCUT2D eigenvalue weighted by Crippen LogP contribution is -2.51. The van der Waals surface area contributed by atoms with E-state index in [0.717, 1.165) is 44.6 Å². The molecule has 5 nitrogen and oxygen atoms in total. The summed E-state index contributed by atoms with van der Waals surface area (Å²) in [4.78, 5) is 30.4. The average Bonchev–Trinajstić information content (AvgIpc) is 3.17. The van der Waals surface area contributed by atoms with Gasteiger partial charge in [0.1, 0.15) is 5.78 Å². The summed E-state index contributed by atoms with van der Waals surface area (Å²) in [6.07, 6.45) is 4.93. The molecule has 196 valence electrons. The minimum absolute atomic E-state index is 0.0516. The highest BCUT2D eigenvalue weighted by Crippen LogP contribution is 2.48. The van der Waals surface area contributed by atoms with E-state index in [1.54, 1.807) is 0 Å². The molecule has 2 aromatic carbocycles. The van der Waals surface area contributed by atoms with Gasteiger partial charge in [-0.3, -0.25) is 19.4 Å². The van der Waals surface area contributed by atoms with Crippen molar-refractivity contribution in [3.8, 4) is 0 Å². The number of piperidine rings is 1. The van der Waals surface area contributed by atoms with Crippen molar-refractivity contribution in [3.63, 3.8) is 0 Å². The van der Waals surface area contributed by atoms with Crippen LogP contribution in [0.1, 0.15) is 50.5 Å². The van der Waals surface area contributed by atoms with E-state index in [-0.39, 0.29) is 11.8 Å². The molecule has 0 spiro atoms. The second-order valence-electron chi connectivity index (χ2n) is 10.3. The van der Waals surface area contributed by atoms with Gasteiger partial charge in [0, 0.05) is 49.0 Å². The van der Waals surface area contributed by atoms with E-state index in [1.165, 1.54) is 22.8 Å². The Morgan fingerprint density at radius 2 is 1.86 bits per heavy atom. The maximum absolute atomic E-state index is 13.3. The summed E-state index contributed by atoms with van der Waals surface area (Å²) in [5, 5.41) is 5.43. The molecule has 2 fully saturated rings. The molecule has 2 aliphatic heterocycles. The number of thiol groups is 2. The monoisotopic (exact) mass is 527 g/mol. The van der Waals surface area contributed by atoms with Crippen LogP contribution < -0.4 is 5.32 Å². The van der Waals surface area contributed by atoms with Gasteiger partial charge in [0.2, 0.25) is 5.91 Å². The van der Waals surface area contributed by atoms with Gasteiger partial charge in [-0.2, -0.15) is 25.3 Å². The van der Waals surface area contributed by atoms with Gasteiger partial charge in [-0.1, -0.05) is 49.4 Å². The summed E-state index contributed by atoms with van der Waals surface area (Å²) in [7, 11) is 0. The zero-order valence-electron chi connectivity index (χ0n) is 21.4. The third-order valence-corrected chi connectivity index (χ3v) is 8.52. The van der Waals surface area contributed by atoms with Gasteiger partial charge in [-0.05, 0) is 61.0 Å². The predicted octanol–water partition coefficient (Wildman–Crippen LogP) is 4.42. The molecule has 1 amide bonds. The van der Waals surface area contributed by atoms with Crippen LogP contribution in [0.4, 0.5) is 0 Å². The molecule has 0 aliphatic carbocycles. The lowest BCUT2D eigenvalue weighted by Gasteiger charge is -2.44. The molecular formula is C29H41N3O2S2. The summed E-state index contributed by atoms with van der Waals surface area (Å²) in [6, 6.07) is 16.1. The van der Waals surface area contributed by atoms with Crippen LogP contribution in [0.2, 0.25) is 0 Å². The van der Waals surface area contributed by atoms with Crippen LogP contribution in [0.25, 0.3) is 10.8 Å². The van der Waals surface area contributed by atoms with Gasteiger partial charge in [0.05, 0.1) is 6.54 Å². The average molecular weight is 528 g/mol. The molecule has 36 heavy (non-hydrogen) atoms. The molecule has 2 aliphatic rings. The number of Topliss-reactive ketones (excluding diaryl/α,β-unsaturated/α-hetero) is 1. The number of hydrogen-bond acceptors (Lipinski definition) is 6. The molecule has 0 aromatic heterocycles. The lowest BCUT2D eigenvalue weighted by molar-refractivity contribution is -0.127. The molecule has 2 bridgehead atoms. The Morgan fingerprint density at radius 3 is 2.61 bits per heavy atom. The second kappa shape index (κ2) is 13.3.